The van der Waals surface area contributed by atoms with Gasteiger partial charge in [-0.2, -0.15) is 0 Å². The average molecular weight is 470 g/mol. The molecule has 14 nitrogen and oxygen atoms in total. The lowest BCUT2D eigenvalue weighted by atomic mass is 9.69. The topological polar surface area (TPSA) is 233 Å². The highest BCUT2D eigenvalue weighted by Gasteiger charge is 2.69. The Morgan fingerprint density at radius 2 is 1.70 bits per heavy atom. The van der Waals surface area contributed by atoms with Gasteiger partial charge in [0.25, 0.3) is 5.79 Å². The fourth-order valence-corrected chi connectivity index (χ4v) is 4.47. The first-order chi connectivity index (χ1) is 15.4. The van der Waals surface area contributed by atoms with Crippen molar-refractivity contribution in [2.75, 3.05) is 6.61 Å². The van der Waals surface area contributed by atoms with Gasteiger partial charge in [-0.15, -0.1) is 0 Å². The molecule has 8 N–H and O–H groups in total. The van der Waals surface area contributed by atoms with Gasteiger partial charge < -0.3 is 59.8 Å². The summed E-state index contributed by atoms with van der Waals surface area (Å²) in [6, 6.07) is 0.708. The molecular formula is C19H18O14. The number of hydrogen-bond acceptors (Lipinski definition) is 14. The number of ether oxygens (including phenoxy) is 4. The Morgan fingerprint density at radius 1 is 1.00 bits per heavy atom. The summed E-state index contributed by atoms with van der Waals surface area (Å²) < 4.78 is 20.4. The molecule has 0 aromatic heterocycles. The van der Waals surface area contributed by atoms with Crippen molar-refractivity contribution in [3.05, 3.63) is 28.8 Å². The Kier molecular flexibility index (Phi) is 4.48. The molecule has 33 heavy (non-hydrogen) atoms. The Labute approximate surface area is 183 Å². The van der Waals surface area contributed by atoms with Crippen molar-refractivity contribution in [2.24, 2.45) is 0 Å². The lowest BCUT2D eigenvalue weighted by Gasteiger charge is -2.52. The van der Waals surface area contributed by atoms with Gasteiger partial charge in [-0.1, -0.05) is 0 Å². The SMILES string of the molecule is O=C1O[C@H]2[C@@H](O)[C@H](O)OC[C@H]2OC(=O)c2cc(O)c(O)c3c2[C@@H]2C1=C[C@H](O)[C@](O)(O3)C2(O)O. The van der Waals surface area contributed by atoms with Gasteiger partial charge in [-0.25, -0.2) is 9.59 Å². The lowest BCUT2D eigenvalue weighted by molar-refractivity contribution is -0.382. The van der Waals surface area contributed by atoms with Crippen LogP contribution in [0.2, 0.25) is 0 Å². The molecule has 1 aromatic carbocycles. The van der Waals surface area contributed by atoms with E-state index < -0.39 is 101 Å². The maximum atomic E-state index is 13.0. The Balaban J connectivity index is 1.80. The first kappa shape index (κ1) is 21.8. The van der Waals surface area contributed by atoms with E-state index in [1.807, 2.05) is 0 Å². The number of aliphatic hydroxyl groups is 6. The molecule has 3 aliphatic heterocycles. The van der Waals surface area contributed by atoms with Crippen LogP contribution in [-0.4, -0.2) is 102 Å². The van der Waals surface area contributed by atoms with Crippen LogP contribution >= 0.6 is 0 Å². The largest absolute Gasteiger partial charge is 0.504 e. The zero-order valence-corrected chi connectivity index (χ0v) is 16.4. The number of phenols is 2. The molecule has 0 radical (unpaired) electrons. The number of phenolic OH excluding ortho intramolecular Hbond substituents is 2. The highest BCUT2D eigenvalue weighted by molar-refractivity contribution is 5.98. The van der Waals surface area contributed by atoms with Crippen LogP contribution in [0.25, 0.3) is 0 Å². The van der Waals surface area contributed by atoms with Crippen molar-refractivity contribution in [2.45, 2.75) is 48.2 Å². The number of fused-ring (bicyclic) bond motifs is 2. The van der Waals surface area contributed by atoms with Crippen molar-refractivity contribution >= 4 is 11.9 Å². The van der Waals surface area contributed by atoms with Crippen LogP contribution in [0.3, 0.4) is 0 Å². The molecule has 4 aliphatic rings. The second kappa shape index (κ2) is 6.77. The van der Waals surface area contributed by atoms with Crippen molar-refractivity contribution < 1.29 is 69.4 Å². The van der Waals surface area contributed by atoms with Crippen LogP contribution in [0.1, 0.15) is 21.8 Å². The Morgan fingerprint density at radius 3 is 2.39 bits per heavy atom. The molecule has 7 atom stereocenters. The summed E-state index contributed by atoms with van der Waals surface area (Å²) in [4.78, 5) is 26.1. The van der Waals surface area contributed by atoms with E-state index in [4.69, 9.17) is 18.9 Å². The van der Waals surface area contributed by atoms with E-state index in [2.05, 4.69) is 0 Å². The zero-order chi connectivity index (χ0) is 24.0. The number of aromatic hydroxyl groups is 2. The van der Waals surface area contributed by atoms with Crippen LogP contribution in [0.15, 0.2) is 17.7 Å². The minimum absolute atomic E-state index is 0.514. The van der Waals surface area contributed by atoms with Crippen LogP contribution in [0.5, 0.6) is 17.2 Å². The van der Waals surface area contributed by atoms with Crippen LogP contribution in [-0.2, 0) is 19.0 Å². The molecule has 14 heteroatoms. The summed E-state index contributed by atoms with van der Waals surface area (Å²) in [6.07, 6.45) is -8.40. The summed E-state index contributed by atoms with van der Waals surface area (Å²) in [7, 11) is 0. The lowest BCUT2D eigenvalue weighted by Crippen LogP contribution is -2.71. The van der Waals surface area contributed by atoms with E-state index in [0.717, 1.165) is 0 Å². The highest BCUT2D eigenvalue weighted by Crippen LogP contribution is 2.58. The molecule has 178 valence electrons. The number of hydrogen-bond donors (Lipinski definition) is 8. The maximum Gasteiger partial charge on any atom is 0.339 e. The van der Waals surface area contributed by atoms with Crippen LogP contribution in [0, 0.1) is 0 Å². The number of rotatable bonds is 0. The molecule has 1 fully saturated rings. The number of benzene rings is 1. The monoisotopic (exact) mass is 470 g/mol. The second-order valence-electron chi connectivity index (χ2n) is 8.09. The molecule has 0 amide bonds. The third-order valence-corrected chi connectivity index (χ3v) is 6.18. The first-order valence-electron chi connectivity index (χ1n) is 9.63. The van der Waals surface area contributed by atoms with E-state index in [-0.39, 0.29) is 0 Å². The Hall–Kier alpha value is -2.98. The molecule has 1 aromatic rings. The summed E-state index contributed by atoms with van der Waals surface area (Å²) >= 11 is 0. The van der Waals surface area contributed by atoms with Gasteiger partial charge in [-0.05, 0) is 12.1 Å². The number of aliphatic hydroxyl groups excluding tert-OH is 3. The summed E-state index contributed by atoms with van der Waals surface area (Å²) in [5.41, 5.74) is -1.85. The van der Waals surface area contributed by atoms with E-state index >= 15 is 0 Å². The molecule has 1 saturated heterocycles. The summed E-state index contributed by atoms with van der Waals surface area (Å²) in [6.45, 7) is -0.514. The highest BCUT2D eigenvalue weighted by atomic mass is 16.7. The fraction of sp³-hybridized carbons (Fsp3) is 0.474. The van der Waals surface area contributed by atoms with Crippen LogP contribution < -0.4 is 4.74 Å². The molecule has 2 bridgehead atoms. The van der Waals surface area contributed by atoms with Crippen molar-refractivity contribution in [1.82, 2.24) is 0 Å². The maximum absolute atomic E-state index is 13.0. The molecule has 0 unspecified atom stereocenters. The molecule has 0 spiro atoms. The second-order valence-corrected chi connectivity index (χ2v) is 8.09. The van der Waals surface area contributed by atoms with Crippen molar-refractivity contribution in [3.8, 4) is 17.2 Å². The molecule has 1 aliphatic carbocycles. The first-order valence-corrected chi connectivity index (χ1v) is 9.63. The van der Waals surface area contributed by atoms with Gasteiger partial charge in [0, 0.05) is 11.1 Å². The quantitative estimate of drug-likeness (QED) is 0.104. The predicted molar refractivity (Wildman–Crippen MR) is 96.4 cm³/mol. The number of carbonyl (C=O) groups is 2. The molecular weight excluding hydrogens is 452 g/mol. The average Bonchev–Trinajstić information content (AvgIpc) is 2.74. The minimum atomic E-state index is -3.46. The van der Waals surface area contributed by atoms with Gasteiger partial charge in [-0.3, -0.25) is 0 Å². The third-order valence-electron chi connectivity index (χ3n) is 6.18. The van der Waals surface area contributed by atoms with Gasteiger partial charge in [0.15, 0.2) is 30.0 Å². The van der Waals surface area contributed by atoms with Gasteiger partial charge in [0.1, 0.15) is 12.2 Å². The summed E-state index contributed by atoms with van der Waals surface area (Å²) in [5, 5.41) is 83.1. The molecule has 3 heterocycles. The van der Waals surface area contributed by atoms with Gasteiger partial charge >= 0.3 is 11.9 Å². The fourth-order valence-electron chi connectivity index (χ4n) is 4.47. The normalized spacial score (nSPS) is 38.8. The summed E-state index contributed by atoms with van der Waals surface area (Å²) in [5.74, 6) is -14.2. The zero-order valence-electron chi connectivity index (χ0n) is 16.4. The predicted octanol–water partition coefficient (Wildman–Crippen LogP) is -3.60. The molecule has 5 rings (SSSR count). The number of esters is 2. The van der Waals surface area contributed by atoms with E-state index in [9.17, 15) is 50.4 Å². The number of carbonyl (C=O) groups excluding carboxylic acids is 2. The smallest absolute Gasteiger partial charge is 0.339 e. The van der Waals surface area contributed by atoms with Crippen molar-refractivity contribution in [3.63, 3.8) is 0 Å². The third kappa shape index (κ3) is 2.73. The van der Waals surface area contributed by atoms with E-state index in [0.29, 0.717) is 12.1 Å². The van der Waals surface area contributed by atoms with Crippen LogP contribution in [0.4, 0.5) is 0 Å². The van der Waals surface area contributed by atoms with Crippen molar-refractivity contribution in [1.29, 1.82) is 0 Å². The van der Waals surface area contributed by atoms with Gasteiger partial charge in [0.2, 0.25) is 11.5 Å². The van der Waals surface area contributed by atoms with E-state index in [1.165, 1.54) is 0 Å². The minimum Gasteiger partial charge on any atom is -0.504 e. The standard InChI is InChI=1S/C19H18O14/c20-6-1-4-9-10-5(2-8(21)19(29,18(10,27)28)33-14(9)11(6)22)16(25)32-13-7(31-15(4)24)3-30-17(26)12(13)23/h1-2,7-8,10,12-13,17,20-23,26-29H,3H2/t7-,8+,10+,12-,13-,17-,19+/m1/s1. The van der Waals surface area contributed by atoms with E-state index in [1.54, 1.807) is 0 Å². The van der Waals surface area contributed by atoms with Gasteiger partial charge in [0.05, 0.1) is 18.1 Å². The Bertz CT molecular complexity index is 1090. The molecule has 0 saturated carbocycles.